The summed E-state index contributed by atoms with van der Waals surface area (Å²) in [5.41, 5.74) is 2.66. The molecule has 0 aliphatic carbocycles. The maximum Gasteiger partial charge on any atom is 0.244 e. The molecule has 1 amide bonds. The molecule has 0 aliphatic rings. The molecule has 0 aliphatic heterocycles. The van der Waals surface area contributed by atoms with Crippen LogP contribution in [-0.4, -0.2) is 32.8 Å². The first-order valence-electron chi connectivity index (χ1n) is 8.12. The van der Waals surface area contributed by atoms with Gasteiger partial charge in [-0.05, 0) is 29.1 Å². The SMILES string of the molecule is O=C(CNc1cc(-c2ccc(Cl)cc2)[nH]n1)Nc1cc(-c2cccs2)[nH]n1. The van der Waals surface area contributed by atoms with E-state index >= 15 is 0 Å². The normalized spacial score (nSPS) is 10.7. The average molecular weight is 399 g/mol. The second kappa shape index (κ2) is 7.65. The zero-order valence-corrected chi connectivity index (χ0v) is 15.6. The van der Waals surface area contributed by atoms with Crippen molar-refractivity contribution in [3.63, 3.8) is 0 Å². The Morgan fingerprint density at radius 2 is 1.78 bits per heavy atom. The van der Waals surface area contributed by atoms with Crippen LogP contribution < -0.4 is 10.6 Å². The molecule has 0 atom stereocenters. The van der Waals surface area contributed by atoms with Crippen LogP contribution in [0.15, 0.2) is 53.9 Å². The van der Waals surface area contributed by atoms with Crippen molar-refractivity contribution >= 4 is 40.5 Å². The molecule has 0 radical (unpaired) electrons. The van der Waals surface area contributed by atoms with Crippen LogP contribution >= 0.6 is 22.9 Å². The third kappa shape index (κ3) is 4.18. The van der Waals surface area contributed by atoms with Crippen LogP contribution in [0, 0.1) is 0 Å². The Kier molecular flexibility index (Phi) is 4.91. The van der Waals surface area contributed by atoms with Gasteiger partial charge in [0.1, 0.15) is 5.82 Å². The van der Waals surface area contributed by atoms with E-state index in [2.05, 4.69) is 31.0 Å². The number of benzene rings is 1. The number of thiophene rings is 1. The van der Waals surface area contributed by atoms with Crippen molar-refractivity contribution in [2.24, 2.45) is 0 Å². The largest absolute Gasteiger partial charge is 0.360 e. The lowest BCUT2D eigenvalue weighted by Crippen LogP contribution is -2.22. The van der Waals surface area contributed by atoms with Crippen LogP contribution in [0.25, 0.3) is 21.8 Å². The molecule has 27 heavy (non-hydrogen) atoms. The number of carbonyl (C=O) groups is 1. The third-order valence-electron chi connectivity index (χ3n) is 3.80. The van der Waals surface area contributed by atoms with Gasteiger partial charge in [0.2, 0.25) is 5.91 Å². The van der Waals surface area contributed by atoms with Gasteiger partial charge in [-0.25, -0.2) is 0 Å². The highest BCUT2D eigenvalue weighted by Crippen LogP contribution is 2.24. The van der Waals surface area contributed by atoms with Gasteiger partial charge in [-0.3, -0.25) is 15.0 Å². The van der Waals surface area contributed by atoms with E-state index in [-0.39, 0.29) is 12.5 Å². The number of H-pyrrole nitrogens is 2. The summed E-state index contributed by atoms with van der Waals surface area (Å²) in [5, 5.41) is 22.5. The zero-order chi connectivity index (χ0) is 18.6. The molecule has 4 aromatic rings. The summed E-state index contributed by atoms with van der Waals surface area (Å²) < 4.78 is 0. The van der Waals surface area contributed by atoms with Crippen LogP contribution in [-0.2, 0) is 4.79 Å². The number of halogens is 1. The fraction of sp³-hybridized carbons (Fsp3) is 0.0556. The first kappa shape index (κ1) is 17.3. The van der Waals surface area contributed by atoms with Crippen LogP contribution in [0.3, 0.4) is 0 Å². The second-order valence-corrected chi connectivity index (χ2v) is 7.10. The number of hydrogen-bond acceptors (Lipinski definition) is 5. The predicted octanol–water partition coefficient (Wildman–Crippen LogP) is 4.23. The molecule has 0 unspecified atom stereocenters. The molecule has 4 rings (SSSR count). The Balaban J connectivity index is 1.32. The summed E-state index contributed by atoms with van der Waals surface area (Å²) in [7, 11) is 0. The number of rotatable bonds is 6. The van der Waals surface area contributed by atoms with Gasteiger partial charge in [0, 0.05) is 17.2 Å². The molecule has 0 saturated carbocycles. The van der Waals surface area contributed by atoms with Crippen molar-refractivity contribution in [3.8, 4) is 21.8 Å². The standard InChI is InChI=1S/C18H15ClN6OS/c19-12-5-3-11(4-6-12)13-8-16(24-22-13)20-10-18(26)21-17-9-14(23-25-17)15-2-1-7-27-15/h1-9H,10H2,(H2,20,22,24)(H2,21,23,25,26). The van der Waals surface area contributed by atoms with E-state index in [1.807, 2.05) is 47.8 Å². The Morgan fingerprint density at radius 1 is 1.04 bits per heavy atom. The number of anilines is 2. The van der Waals surface area contributed by atoms with Crippen molar-refractivity contribution in [2.75, 3.05) is 17.2 Å². The summed E-state index contributed by atoms with van der Waals surface area (Å²) in [6.07, 6.45) is 0. The Bertz CT molecular complexity index is 1040. The number of aromatic nitrogens is 4. The summed E-state index contributed by atoms with van der Waals surface area (Å²) in [4.78, 5) is 13.2. The van der Waals surface area contributed by atoms with Crippen LogP contribution in [0.4, 0.5) is 11.6 Å². The fourth-order valence-electron chi connectivity index (χ4n) is 2.49. The molecule has 1 aromatic carbocycles. The fourth-order valence-corrected chi connectivity index (χ4v) is 3.31. The predicted molar refractivity (Wildman–Crippen MR) is 108 cm³/mol. The number of hydrogen-bond donors (Lipinski definition) is 4. The first-order valence-corrected chi connectivity index (χ1v) is 9.37. The summed E-state index contributed by atoms with van der Waals surface area (Å²) in [5.74, 6) is 0.848. The molecule has 7 nitrogen and oxygen atoms in total. The van der Waals surface area contributed by atoms with Crippen molar-refractivity contribution in [1.82, 2.24) is 20.4 Å². The minimum absolute atomic E-state index is 0.0755. The van der Waals surface area contributed by atoms with Gasteiger partial charge in [-0.15, -0.1) is 11.3 Å². The maximum absolute atomic E-state index is 12.1. The van der Waals surface area contributed by atoms with Gasteiger partial charge in [-0.2, -0.15) is 10.2 Å². The number of amides is 1. The molecular formula is C18H15ClN6OS. The monoisotopic (exact) mass is 398 g/mol. The topological polar surface area (TPSA) is 98.5 Å². The first-order chi connectivity index (χ1) is 13.2. The molecule has 0 saturated heterocycles. The molecule has 9 heteroatoms. The molecular weight excluding hydrogens is 384 g/mol. The highest BCUT2D eigenvalue weighted by atomic mass is 35.5. The maximum atomic E-state index is 12.1. The van der Waals surface area contributed by atoms with Gasteiger partial charge < -0.3 is 10.6 Å². The lowest BCUT2D eigenvalue weighted by molar-refractivity contribution is -0.114. The number of nitrogens with zero attached hydrogens (tertiary/aromatic N) is 2. The number of carbonyl (C=O) groups excluding carboxylic acids is 1. The lowest BCUT2D eigenvalue weighted by Gasteiger charge is -2.02. The molecule has 0 spiro atoms. The molecule has 0 bridgehead atoms. The van der Waals surface area contributed by atoms with Crippen LogP contribution in [0.2, 0.25) is 5.02 Å². The number of nitrogens with one attached hydrogen (secondary N) is 4. The van der Waals surface area contributed by atoms with Gasteiger partial charge >= 0.3 is 0 Å². The zero-order valence-electron chi connectivity index (χ0n) is 14.0. The van der Waals surface area contributed by atoms with E-state index < -0.39 is 0 Å². The third-order valence-corrected chi connectivity index (χ3v) is 4.95. The molecule has 3 heterocycles. The summed E-state index contributed by atoms with van der Waals surface area (Å²) >= 11 is 7.50. The van der Waals surface area contributed by atoms with Gasteiger partial charge in [-0.1, -0.05) is 29.8 Å². The van der Waals surface area contributed by atoms with Crippen molar-refractivity contribution in [2.45, 2.75) is 0 Å². The van der Waals surface area contributed by atoms with E-state index in [4.69, 9.17) is 11.6 Å². The van der Waals surface area contributed by atoms with E-state index in [0.717, 1.165) is 21.8 Å². The molecule has 136 valence electrons. The van der Waals surface area contributed by atoms with Crippen LogP contribution in [0.5, 0.6) is 0 Å². The Morgan fingerprint density at radius 3 is 2.56 bits per heavy atom. The number of aromatic amines is 2. The van der Waals surface area contributed by atoms with Crippen LogP contribution in [0.1, 0.15) is 0 Å². The van der Waals surface area contributed by atoms with E-state index in [1.54, 1.807) is 17.4 Å². The van der Waals surface area contributed by atoms with E-state index in [0.29, 0.717) is 16.7 Å². The van der Waals surface area contributed by atoms with E-state index in [9.17, 15) is 4.79 Å². The van der Waals surface area contributed by atoms with Gasteiger partial charge in [0.25, 0.3) is 0 Å². The van der Waals surface area contributed by atoms with Gasteiger partial charge in [0.15, 0.2) is 5.82 Å². The highest BCUT2D eigenvalue weighted by Gasteiger charge is 2.09. The van der Waals surface area contributed by atoms with Gasteiger partial charge in [0.05, 0.1) is 22.8 Å². The summed E-state index contributed by atoms with van der Waals surface area (Å²) in [6, 6.07) is 15.0. The Hall–Kier alpha value is -3.10. The Labute approximate surface area is 163 Å². The minimum Gasteiger partial charge on any atom is -0.360 e. The van der Waals surface area contributed by atoms with Crippen molar-refractivity contribution in [3.05, 3.63) is 58.9 Å². The smallest absolute Gasteiger partial charge is 0.244 e. The van der Waals surface area contributed by atoms with Crippen molar-refractivity contribution in [1.29, 1.82) is 0 Å². The molecule has 3 aromatic heterocycles. The minimum atomic E-state index is -0.213. The average Bonchev–Trinajstić information content (AvgIpc) is 3.42. The lowest BCUT2D eigenvalue weighted by atomic mass is 10.1. The van der Waals surface area contributed by atoms with E-state index in [1.165, 1.54) is 0 Å². The molecule has 4 N–H and O–H groups in total. The molecule has 0 fully saturated rings. The van der Waals surface area contributed by atoms with Crippen molar-refractivity contribution < 1.29 is 4.79 Å². The second-order valence-electron chi connectivity index (χ2n) is 5.72. The highest BCUT2D eigenvalue weighted by molar-refractivity contribution is 7.13. The summed E-state index contributed by atoms with van der Waals surface area (Å²) in [6.45, 7) is 0.0755. The quantitative estimate of drug-likeness (QED) is 0.390.